The number of carbonyl (C=O) groups excluding carboxylic acids is 1. The summed E-state index contributed by atoms with van der Waals surface area (Å²) in [6, 6.07) is 10.7. The van der Waals surface area contributed by atoms with Crippen LogP contribution in [0.15, 0.2) is 58.4 Å². The molecule has 0 aromatic heterocycles. The molecule has 0 N–H and O–H groups in total. The molecule has 2 heterocycles. The molecule has 7 nitrogen and oxygen atoms in total. The van der Waals surface area contributed by atoms with Crippen LogP contribution in [-0.4, -0.2) is 68.1 Å². The van der Waals surface area contributed by atoms with Gasteiger partial charge in [-0.05, 0) is 42.0 Å². The number of amidine groups is 1. The van der Waals surface area contributed by atoms with Crippen molar-refractivity contribution >= 4 is 32.9 Å². The summed E-state index contributed by atoms with van der Waals surface area (Å²) in [6.07, 6.45) is -4.39. The molecule has 0 radical (unpaired) electrons. The van der Waals surface area contributed by atoms with Crippen LogP contribution in [0.25, 0.3) is 0 Å². The monoisotopic (exact) mass is 513 g/mol. The first-order chi connectivity index (χ1) is 16.2. The maximum Gasteiger partial charge on any atom is 0.416 e. The first-order valence-electron chi connectivity index (χ1n) is 10.5. The predicted molar refractivity (Wildman–Crippen MR) is 122 cm³/mol. The Hall–Kier alpha value is -2.41. The van der Waals surface area contributed by atoms with Gasteiger partial charge >= 0.3 is 6.18 Å². The van der Waals surface area contributed by atoms with Crippen LogP contribution >= 0.6 is 11.8 Å². The second-order valence-corrected chi connectivity index (χ2v) is 10.5. The number of thioether (sulfide) groups is 1. The zero-order valence-electron chi connectivity index (χ0n) is 18.0. The molecule has 1 amide bonds. The summed E-state index contributed by atoms with van der Waals surface area (Å²) in [7, 11) is -3.66. The van der Waals surface area contributed by atoms with E-state index in [1.54, 1.807) is 0 Å². The highest BCUT2D eigenvalue weighted by atomic mass is 32.2. The molecule has 2 aliphatic heterocycles. The minimum absolute atomic E-state index is 0.109. The van der Waals surface area contributed by atoms with Crippen LogP contribution in [0.5, 0.6) is 0 Å². The molecule has 4 rings (SSSR count). The van der Waals surface area contributed by atoms with Gasteiger partial charge in [-0.25, -0.2) is 8.42 Å². The quantitative estimate of drug-likeness (QED) is 0.612. The summed E-state index contributed by atoms with van der Waals surface area (Å²) in [4.78, 5) is 19.0. The summed E-state index contributed by atoms with van der Waals surface area (Å²) in [5, 5.41) is 0.481. The fourth-order valence-electron chi connectivity index (χ4n) is 3.54. The number of alkyl halides is 3. The molecule has 12 heteroatoms. The average molecular weight is 514 g/mol. The molecule has 2 aromatic rings. The molecule has 0 atom stereocenters. The maximum absolute atomic E-state index is 13.0. The Morgan fingerprint density at radius 2 is 1.65 bits per heavy atom. The fraction of sp³-hybridized carbons (Fsp3) is 0.364. The van der Waals surface area contributed by atoms with Crippen molar-refractivity contribution in [3.8, 4) is 0 Å². The zero-order chi connectivity index (χ0) is 24.3. The SMILES string of the molecule is O=C(c1ccc(S(=O)(=O)N2CCOCC2)cc1)N1CCN=C1SCc1ccc(C(F)(F)F)cc1. The van der Waals surface area contributed by atoms with Gasteiger partial charge in [0.2, 0.25) is 10.0 Å². The van der Waals surface area contributed by atoms with Gasteiger partial charge in [0.1, 0.15) is 0 Å². The Morgan fingerprint density at radius 3 is 2.26 bits per heavy atom. The van der Waals surface area contributed by atoms with Gasteiger partial charge in [0.15, 0.2) is 5.17 Å². The number of rotatable bonds is 5. The van der Waals surface area contributed by atoms with Crippen LogP contribution in [-0.2, 0) is 26.7 Å². The first kappa shape index (κ1) is 24.7. The van der Waals surface area contributed by atoms with Crippen molar-refractivity contribution in [3.05, 3.63) is 65.2 Å². The number of ether oxygens (including phenoxy) is 1. The second-order valence-electron chi connectivity index (χ2n) is 7.65. The first-order valence-corrected chi connectivity index (χ1v) is 12.9. The summed E-state index contributed by atoms with van der Waals surface area (Å²) >= 11 is 1.27. The van der Waals surface area contributed by atoms with Crippen molar-refractivity contribution in [2.75, 3.05) is 39.4 Å². The third-order valence-electron chi connectivity index (χ3n) is 5.41. The molecule has 0 bridgehead atoms. The minimum atomic E-state index is -4.39. The topological polar surface area (TPSA) is 79.3 Å². The summed E-state index contributed by atoms with van der Waals surface area (Å²) < 4.78 is 70.3. The van der Waals surface area contributed by atoms with Crippen LogP contribution < -0.4 is 0 Å². The number of benzene rings is 2. The Balaban J connectivity index is 1.40. The lowest BCUT2D eigenvalue weighted by Crippen LogP contribution is -2.40. The third-order valence-corrected chi connectivity index (χ3v) is 8.40. The van der Waals surface area contributed by atoms with E-state index in [9.17, 15) is 26.4 Å². The average Bonchev–Trinajstić information content (AvgIpc) is 3.31. The van der Waals surface area contributed by atoms with Crippen LogP contribution in [0.2, 0.25) is 0 Å². The van der Waals surface area contributed by atoms with Crippen molar-refractivity contribution in [2.24, 2.45) is 4.99 Å². The third kappa shape index (κ3) is 5.45. The smallest absolute Gasteiger partial charge is 0.379 e. The molecular formula is C22H22F3N3O4S2. The number of aliphatic imine (C=N–C) groups is 1. The van der Waals surface area contributed by atoms with E-state index in [1.807, 2.05) is 0 Å². The number of halogens is 3. The molecule has 0 unspecified atom stereocenters. The second kappa shape index (κ2) is 10.1. The zero-order valence-corrected chi connectivity index (χ0v) is 19.6. The standard InChI is InChI=1S/C22H22F3N3O4S2/c23-22(24,25)18-5-1-16(2-6-18)15-33-21-26-9-10-28(21)20(29)17-3-7-19(8-4-17)34(30,31)27-11-13-32-14-12-27/h1-8H,9-15H2. The van der Waals surface area contributed by atoms with E-state index in [2.05, 4.69) is 4.99 Å². The van der Waals surface area contributed by atoms with E-state index >= 15 is 0 Å². The molecule has 182 valence electrons. The van der Waals surface area contributed by atoms with Gasteiger partial charge in [-0.1, -0.05) is 23.9 Å². The molecule has 0 aliphatic carbocycles. The molecule has 34 heavy (non-hydrogen) atoms. The number of amides is 1. The molecule has 1 fully saturated rings. The van der Waals surface area contributed by atoms with Gasteiger partial charge in [0, 0.05) is 31.0 Å². The number of nitrogens with zero attached hydrogens (tertiary/aromatic N) is 3. The van der Waals surface area contributed by atoms with E-state index < -0.39 is 21.8 Å². The van der Waals surface area contributed by atoms with Crippen LogP contribution in [0, 0.1) is 0 Å². The lowest BCUT2D eigenvalue weighted by Gasteiger charge is -2.26. The van der Waals surface area contributed by atoms with Gasteiger partial charge in [-0.2, -0.15) is 17.5 Å². The van der Waals surface area contributed by atoms with Gasteiger partial charge < -0.3 is 4.74 Å². The molecule has 2 aliphatic rings. The van der Waals surface area contributed by atoms with Gasteiger partial charge in [0.05, 0.1) is 30.2 Å². The van der Waals surface area contributed by atoms with Crippen LogP contribution in [0.4, 0.5) is 13.2 Å². The highest BCUT2D eigenvalue weighted by Gasteiger charge is 2.30. The van der Waals surface area contributed by atoms with Crippen molar-refractivity contribution in [1.29, 1.82) is 0 Å². The normalized spacial score (nSPS) is 17.6. The van der Waals surface area contributed by atoms with Crippen LogP contribution in [0.3, 0.4) is 0 Å². The lowest BCUT2D eigenvalue weighted by molar-refractivity contribution is -0.137. The number of hydrogen-bond donors (Lipinski definition) is 0. The van der Waals surface area contributed by atoms with Gasteiger partial charge in [-0.3, -0.25) is 14.7 Å². The highest BCUT2D eigenvalue weighted by Crippen LogP contribution is 2.30. The molecule has 0 spiro atoms. The van der Waals surface area contributed by atoms with Crippen LogP contribution in [0.1, 0.15) is 21.5 Å². The Morgan fingerprint density at radius 1 is 1.00 bits per heavy atom. The van der Waals surface area contributed by atoms with E-state index in [0.29, 0.717) is 48.4 Å². The van der Waals surface area contributed by atoms with Crippen molar-refractivity contribution < 1.29 is 31.1 Å². The maximum atomic E-state index is 13.0. The number of morpholine rings is 1. The molecule has 2 aromatic carbocycles. The number of sulfonamides is 1. The fourth-order valence-corrected chi connectivity index (χ4v) is 5.95. The minimum Gasteiger partial charge on any atom is -0.379 e. The number of carbonyl (C=O) groups is 1. The van der Waals surface area contributed by atoms with E-state index in [-0.39, 0.29) is 23.9 Å². The Kier molecular flexibility index (Phi) is 7.31. The predicted octanol–water partition coefficient (Wildman–Crippen LogP) is 3.47. The summed E-state index contributed by atoms with van der Waals surface area (Å²) in [5.74, 6) is 0.0452. The van der Waals surface area contributed by atoms with Crippen molar-refractivity contribution in [2.45, 2.75) is 16.8 Å². The summed E-state index contributed by atoms with van der Waals surface area (Å²) in [6.45, 7) is 2.06. The molecular weight excluding hydrogens is 491 g/mol. The van der Waals surface area contributed by atoms with Crippen molar-refractivity contribution in [3.63, 3.8) is 0 Å². The molecule has 1 saturated heterocycles. The Bertz CT molecular complexity index is 1160. The number of hydrogen-bond acceptors (Lipinski definition) is 6. The van der Waals surface area contributed by atoms with Gasteiger partial charge in [0.25, 0.3) is 5.91 Å². The Labute approximate surface area is 199 Å². The van der Waals surface area contributed by atoms with E-state index in [0.717, 1.165) is 12.1 Å². The largest absolute Gasteiger partial charge is 0.416 e. The van der Waals surface area contributed by atoms with Crippen molar-refractivity contribution in [1.82, 2.24) is 9.21 Å². The van der Waals surface area contributed by atoms with Gasteiger partial charge in [-0.15, -0.1) is 0 Å². The summed E-state index contributed by atoms with van der Waals surface area (Å²) in [5.41, 5.74) is 0.290. The lowest BCUT2D eigenvalue weighted by atomic mass is 10.1. The van der Waals surface area contributed by atoms with E-state index in [4.69, 9.17) is 4.74 Å². The highest BCUT2D eigenvalue weighted by molar-refractivity contribution is 8.13. The molecule has 0 saturated carbocycles. The van der Waals surface area contributed by atoms with E-state index in [1.165, 1.54) is 57.4 Å².